The number of hydrogen-bond donors (Lipinski definition) is 2. The van der Waals surface area contributed by atoms with E-state index in [2.05, 4.69) is 20.3 Å². The number of carbonyl (C=O) groups is 2. The second-order valence-corrected chi connectivity index (χ2v) is 8.35. The number of nitrogens with two attached hydrogens (primary N) is 1. The zero-order valence-electron chi connectivity index (χ0n) is 17.6. The van der Waals surface area contributed by atoms with E-state index in [1.807, 2.05) is 56.0 Å². The number of likely N-dealkylation sites (tertiary alicyclic amines) is 1. The van der Waals surface area contributed by atoms with Crippen LogP contribution in [0.5, 0.6) is 0 Å². The fraction of sp³-hybridized carbons (Fsp3) is 0.476. The number of nitrogens with one attached hydrogen (secondary N) is 1. The van der Waals surface area contributed by atoms with Gasteiger partial charge in [-0.3, -0.25) is 9.59 Å². The van der Waals surface area contributed by atoms with Crippen LogP contribution in [0.25, 0.3) is 0 Å². The molecule has 1 aliphatic rings. The Hall–Kier alpha value is -3.23. The third kappa shape index (κ3) is 5.65. The molecule has 1 aromatic carbocycles. The Morgan fingerprint density at radius 3 is 2.43 bits per heavy atom. The van der Waals surface area contributed by atoms with Gasteiger partial charge < -0.3 is 20.7 Å². The van der Waals surface area contributed by atoms with E-state index in [1.54, 1.807) is 0 Å². The van der Waals surface area contributed by atoms with Gasteiger partial charge >= 0.3 is 5.97 Å². The van der Waals surface area contributed by atoms with Crippen LogP contribution < -0.4 is 11.1 Å². The van der Waals surface area contributed by atoms with Crippen LogP contribution in [0.1, 0.15) is 39.4 Å². The summed E-state index contributed by atoms with van der Waals surface area (Å²) in [5, 5.41) is 3.04. The number of piperidine rings is 1. The van der Waals surface area contributed by atoms with Gasteiger partial charge in [0, 0.05) is 24.2 Å². The Kier molecular flexibility index (Phi) is 6.49. The molecule has 0 spiro atoms. The topological polar surface area (TPSA) is 123 Å². The highest BCUT2D eigenvalue weighted by atomic mass is 16.5. The molecule has 0 saturated carbocycles. The maximum absolute atomic E-state index is 12.5. The molecule has 9 heteroatoms. The summed E-state index contributed by atoms with van der Waals surface area (Å²) in [5.74, 6) is 0.157. The Bertz CT molecular complexity index is 889. The molecule has 160 valence electrons. The molecule has 2 heterocycles. The fourth-order valence-corrected chi connectivity index (χ4v) is 3.26. The third-order valence-electron chi connectivity index (χ3n) is 4.83. The predicted molar refractivity (Wildman–Crippen MR) is 113 cm³/mol. The van der Waals surface area contributed by atoms with Gasteiger partial charge in [-0.25, -0.2) is 0 Å². The minimum Gasteiger partial charge on any atom is -0.457 e. The molecule has 3 rings (SSSR count). The molecular weight excluding hydrogens is 384 g/mol. The molecule has 0 unspecified atom stereocenters. The van der Waals surface area contributed by atoms with Crippen molar-refractivity contribution in [3.63, 3.8) is 0 Å². The number of para-hydroxylation sites is 1. The summed E-state index contributed by atoms with van der Waals surface area (Å²) in [5.41, 5.74) is 6.15. The lowest BCUT2D eigenvalue weighted by Gasteiger charge is -2.34. The number of benzene rings is 1. The second kappa shape index (κ2) is 9.06. The number of carbonyl (C=O) groups excluding carboxylic acids is 2. The maximum Gasteiger partial charge on any atom is 0.309 e. The van der Waals surface area contributed by atoms with E-state index in [9.17, 15) is 9.59 Å². The van der Waals surface area contributed by atoms with E-state index in [-0.39, 0.29) is 42.1 Å². The van der Waals surface area contributed by atoms with Gasteiger partial charge in [-0.1, -0.05) is 39.0 Å². The zero-order chi connectivity index (χ0) is 21.7. The molecule has 0 bridgehead atoms. The first-order chi connectivity index (χ1) is 14.2. The number of aromatic nitrogens is 3. The number of nitrogens with zero attached hydrogens (tertiary/aromatic N) is 4. The molecule has 1 saturated heterocycles. The highest BCUT2D eigenvalue weighted by molar-refractivity contribution is 5.82. The van der Waals surface area contributed by atoms with Crippen molar-refractivity contribution in [2.75, 3.05) is 24.1 Å². The average molecular weight is 412 g/mol. The van der Waals surface area contributed by atoms with E-state index in [1.165, 1.54) is 0 Å². The SMILES string of the molecule is CC(C)(C)C(=O)N1CCC(C(=O)OCc2nc(N)nc(Nc3ccccc3)n2)CC1. The predicted octanol–water partition coefficient (Wildman–Crippen LogP) is 2.53. The van der Waals surface area contributed by atoms with Crippen LogP contribution in [0.3, 0.4) is 0 Å². The summed E-state index contributed by atoms with van der Waals surface area (Å²) < 4.78 is 5.41. The summed E-state index contributed by atoms with van der Waals surface area (Å²) >= 11 is 0. The summed E-state index contributed by atoms with van der Waals surface area (Å²) in [7, 11) is 0. The third-order valence-corrected chi connectivity index (χ3v) is 4.83. The van der Waals surface area contributed by atoms with Gasteiger partial charge in [0.05, 0.1) is 5.92 Å². The van der Waals surface area contributed by atoms with E-state index >= 15 is 0 Å². The minimum absolute atomic E-state index is 0.0449. The van der Waals surface area contributed by atoms with Gasteiger partial charge in [0.1, 0.15) is 0 Å². The molecule has 1 amide bonds. The van der Waals surface area contributed by atoms with Crippen molar-refractivity contribution >= 4 is 29.5 Å². The molecule has 0 radical (unpaired) electrons. The van der Waals surface area contributed by atoms with Gasteiger partial charge in [-0.2, -0.15) is 15.0 Å². The van der Waals surface area contributed by atoms with Crippen molar-refractivity contribution in [2.45, 2.75) is 40.2 Å². The number of esters is 1. The molecule has 0 aliphatic carbocycles. The largest absolute Gasteiger partial charge is 0.457 e. The summed E-state index contributed by atoms with van der Waals surface area (Å²) in [6, 6.07) is 9.42. The highest BCUT2D eigenvalue weighted by Gasteiger charge is 2.33. The number of rotatable bonds is 5. The van der Waals surface area contributed by atoms with Gasteiger partial charge in [0.2, 0.25) is 17.8 Å². The van der Waals surface area contributed by atoms with E-state index in [0.29, 0.717) is 25.9 Å². The number of amides is 1. The lowest BCUT2D eigenvalue weighted by Crippen LogP contribution is -2.45. The monoisotopic (exact) mass is 412 g/mol. The van der Waals surface area contributed by atoms with Crippen molar-refractivity contribution in [3.8, 4) is 0 Å². The number of nitrogen functional groups attached to an aromatic ring is 1. The van der Waals surface area contributed by atoms with Crippen LogP contribution >= 0.6 is 0 Å². The molecule has 0 atom stereocenters. The van der Waals surface area contributed by atoms with Crippen molar-refractivity contribution in [1.82, 2.24) is 19.9 Å². The van der Waals surface area contributed by atoms with Gasteiger partial charge in [0.25, 0.3) is 0 Å². The Balaban J connectivity index is 1.53. The molecule has 9 nitrogen and oxygen atoms in total. The number of hydrogen-bond acceptors (Lipinski definition) is 8. The van der Waals surface area contributed by atoms with Crippen LogP contribution in [0.2, 0.25) is 0 Å². The first-order valence-corrected chi connectivity index (χ1v) is 10.0. The van der Waals surface area contributed by atoms with Crippen molar-refractivity contribution in [3.05, 3.63) is 36.2 Å². The molecule has 1 aromatic heterocycles. The quantitative estimate of drug-likeness (QED) is 0.718. The van der Waals surface area contributed by atoms with Crippen LogP contribution in [-0.2, 0) is 20.9 Å². The Morgan fingerprint density at radius 2 is 1.80 bits per heavy atom. The average Bonchev–Trinajstić information content (AvgIpc) is 2.71. The van der Waals surface area contributed by atoms with Crippen LogP contribution in [0.4, 0.5) is 17.6 Å². The van der Waals surface area contributed by atoms with Crippen molar-refractivity contribution < 1.29 is 14.3 Å². The lowest BCUT2D eigenvalue weighted by molar-refractivity contribution is -0.154. The smallest absolute Gasteiger partial charge is 0.309 e. The molecule has 1 aliphatic heterocycles. The molecule has 2 aromatic rings. The first kappa shape index (κ1) is 21.5. The summed E-state index contributed by atoms with van der Waals surface area (Å²) in [4.78, 5) is 39.0. The van der Waals surface area contributed by atoms with Gasteiger partial charge in [-0.05, 0) is 25.0 Å². The Labute approximate surface area is 176 Å². The molecule has 30 heavy (non-hydrogen) atoms. The summed E-state index contributed by atoms with van der Waals surface area (Å²) in [6.07, 6.45) is 1.17. The number of ether oxygens (including phenoxy) is 1. The first-order valence-electron chi connectivity index (χ1n) is 10.0. The number of anilines is 3. The van der Waals surface area contributed by atoms with Gasteiger partial charge in [0.15, 0.2) is 12.4 Å². The molecular formula is C21H28N6O3. The standard InChI is InChI=1S/C21H28N6O3/c1-21(2,3)18(29)27-11-9-14(10-12-27)17(28)30-13-16-24-19(22)26-20(25-16)23-15-7-5-4-6-8-15/h4-8,14H,9-13H2,1-3H3,(H3,22,23,24,25,26). The zero-order valence-corrected chi connectivity index (χ0v) is 17.6. The van der Waals surface area contributed by atoms with Crippen LogP contribution in [0, 0.1) is 11.3 Å². The van der Waals surface area contributed by atoms with Crippen LogP contribution in [0.15, 0.2) is 30.3 Å². The lowest BCUT2D eigenvalue weighted by atomic mass is 9.91. The minimum atomic E-state index is -0.419. The maximum atomic E-state index is 12.5. The summed E-state index contributed by atoms with van der Waals surface area (Å²) in [6.45, 7) is 6.72. The van der Waals surface area contributed by atoms with E-state index in [4.69, 9.17) is 10.5 Å². The normalized spacial score (nSPS) is 15.0. The van der Waals surface area contributed by atoms with E-state index in [0.717, 1.165) is 5.69 Å². The van der Waals surface area contributed by atoms with E-state index < -0.39 is 5.41 Å². The highest BCUT2D eigenvalue weighted by Crippen LogP contribution is 2.24. The van der Waals surface area contributed by atoms with Crippen molar-refractivity contribution in [2.24, 2.45) is 11.3 Å². The van der Waals surface area contributed by atoms with Crippen molar-refractivity contribution in [1.29, 1.82) is 0 Å². The molecule has 1 fully saturated rings. The second-order valence-electron chi connectivity index (χ2n) is 8.35. The van der Waals surface area contributed by atoms with Gasteiger partial charge in [-0.15, -0.1) is 0 Å². The van der Waals surface area contributed by atoms with Crippen LogP contribution in [-0.4, -0.2) is 44.8 Å². The molecule has 3 N–H and O–H groups in total. The Morgan fingerprint density at radius 1 is 1.13 bits per heavy atom. The fourth-order valence-electron chi connectivity index (χ4n) is 3.26.